The Bertz CT molecular complexity index is 520. The lowest BCUT2D eigenvalue weighted by Crippen LogP contribution is -2.13. The maximum atomic E-state index is 5.79. The van der Waals surface area contributed by atoms with Crippen molar-refractivity contribution in [3.63, 3.8) is 0 Å². The Hall–Kier alpha value is -1.35. The molecule has 18 heavy (non-hydrogen) atoms. The van der Waals surface area contributed by atoms with E-state index in [1.165, 1.54) is 37.5 Å². The van der Waals surface area contributed by atoms with Crippen LogP contribution in [0.2, 0.25) is 0 Å². The zero-order chi connectivity index (χ0) is 12.4. The van der Waals surface area contributed by atoms with Crippen LogP contribution in [0.15, 0.2) is 28.8 Å². The van der Waals surface area contributed by atoms with Crippen LogP contribution in [-0.4, -0.2) is 11.7 Å². The lowest BCUT2D eigenvalue weighted by molar-refractivity contribution is 0.425. The van der Waals surface area contributed by atoms with Crippen LogP contribution in [0.3, 0.4) is 0 Å². The van der Waals surface area contributed by atoms with Gasteiger partial charge in [-0.25, -0.2) is 0 Å². The third-order valence-electron chi connectivity index (χ3n) is 4.21. The van der Waals surface area contributed by atoms with E-state index in [1.54, 1.807) is 0 Å². The fourth-order valence-electron chi connectivity index (χ4n) is 3.09. The predicted octanol–water partition coefficient (Wildman–Crippen LogP) is 3.45. The summed E-state index contributed by atoms with van der Waals surface area (Å²) in [5.74, 6) is 1.25. The third-order valence-corrected chi connectivity index (χ3v) is 4.21. The van der Waals surface area contributed by atoms with Gasteiger partial charge in [-0.2, -0.15) is 0 Å². The second-order valence-electron chi connectivity index (χ2n) is 5.37. The summed E-state index contributed by atoms with van der Waals surface area (Å²) in [7, 11) is 0. The van der Waals surface area contributed by atoms with E-state index in [4.69, 9.17) is 10.3 Å². The molecule has 1 aromatic carbocycles. The Morgan fingerprint density at radius 3 is 2.94 bits per heavy atom. The maximum absolute atomic E-state index is 5.79. The molecule has 2 unspecified atom stereocenters. The predicted molar refractivity (Wildman–Crippen MR) is 72.4 cm³/mol. The van der Waals surface area contributed by atoms with Crippen LogP contribution in [0.25, 0.3) is 11.0 Å². The highest BCUT2D eigenvalue weighted by Gasteiger charge is 2.23. The van der Waals surface area contributed by atoms with Gasteiger partial charge < -0.3 is 10.3 Å². The molecule has 0 spiro atoms. The smallest absolute Gasteiger partial charge is 0.167 e. The molecule has 2 aromatic rings. The van der Waals surface area contributed by atoms with Crippen LogP contribution in [0.1, 0.15) is 43.7 Å². The van der Waals surface area contributed by atoms with Crippen molar-refractivity contribution in [1.82, 2.24) is 5.16 Å². The quantitative estimate of drug-likeness (QED) is 0.823. The van der Waals surface area contributed by atoms with Crippen molar-refractivity contribution in [2.75, 3.05) is 6.54 Å². The maximum Gasteiger partial charge on any atom is 0.167 e. The minimum atomic E-state index is 0.546. The summed E-state index contributed by atoms with van der Waals surface area (Å²) in [6, 6.07) is 8.16. The molecule has 2 N–H and O–H groups in total. The molecule has 0 amide bonds. The van der Waals surface area contributed by atoms with Crippen molar-refractivity contribution in [3.8, 4) is 0 Å². The normalized spacial score (nSPS) is 25.2. The summed E-state index contributed by atoms with van der Waals surface area (Å²) >= 11 is 0. The van der Waals surface area contributed by atoms with Gasteiger partial charge >= 0.3 is 0 Å². The average Bonchev–Trinajstić information content (AvgIpc) is 2.69. The zero-order valence-electron chi connectivity index (χ0n) is 10.6. The van der Waals surface area contributed by atoms with E-state index in [1.807, 2.05) is 12.1 Å². The van der Waals surface area contributed by atoms with E-state index in [2.05, 4.69) is 17.3 Å². The van der Waals surface area contributed by atoms with Gasteiger partial charge in [0.2, 0.25) is 0 Å². The summed E-state index contributed by atoms with van der Waals surface area (Å²) in [6.07, 6.45) is 6.16. The highest BCUT2D eigenvalue weighted by atomic mass is 16.5. The minimum absolute atomic E-state index is 0.546. The van der Waals surface area contributed by atoms with E-state index in [0.717, 1.165) is 17.8 Å². The number of hydrogen-bond acceptors (Lipinski definition) is 3. The van der Waals surface area contributed by atoms with Gasteiger partial charge in [0.25, 0.3) is 0 Å². The molecule has 3 rings (SSSR count). The van der Waals surface area contributed by atoms with E-state index < -0.39 is 0 Å². The van der Waals surface area contributed by atoms with Crippen molar-refractivity contribution in [1.29, 1.82) is 0 Å². The van der Waals surface area contributed by atoms with Gasteiger partial charge in [-0.1, -0.05) is 23.7 Å². The summed E-state index contributed by atoms with van der Waals surface area (Å²) in [5.41, 5.74) is 7.86. The molecule has 1 heterocycles. The van der Waals surface area contributed by atoms with Gasteiger partial charge in [-0.05, 0) is 50.3 Å². The van der Waals surface area contributed by atoms with E-state index in [0.29, 0.717) is 11.8 Å². The molecule has 1 aromatic heterocycles. The van der Waals surface area contributed by atoms with Crippen molar-refractivity contribution >= 4 is 11.0 Å². The summed E-state index contributed by atoms with van der Waals surface area (Å²) in [5, 5.41) is 5.49. The number of benzene rings is 1. The molecule has 1 aliphatic carbocycles. The second kappa shape index (κ2) is 5.11. The fourth-order valence-corrected chi connectivity index (χ4v) is 3.09. The number of nitrogens with two attached hydrogens (primary N) is 1. The molecule has 1 aliphatic rings. The van der Waals surface area contributed by atoms with Gasteiger partial charge in [0.1, 0.15) is 0 Å². The number of nitrogens with zero attached hydrogens (tertiary/aromatic N) is 1. The van der Waals surface area contributed by atoms with Crippen molar-refractivity contribution in [2.45, 2.75) is 38.0 Å². The van der Waals surface area contributed by atoms with E-state index in [9.17, 15) is 0 Å². The van der Waals surface area contributed by atoms with Gasteiger partial charge in [0, 0.05) is 11.3 Å². The molecule has 2 atom stereocenters. The Morgan fingerprint density at radius 2 is 2.06 bits per heavy atom. The van der Waals surface area contributed by atoms with E-state index >= 15 is 0 Å². The number of aromatic nitrogens is 1. The highest BCUT2D eigenvalue weighted by molar-refractivity contribution is 5.79. The topological polar surface area (TPSA) is 52.0 Å². The standard InChI is InChI=1S/C15H20N2O/c16-10-11-4-3-5-12(9-8-11)15-13-6-1-2-7-14(13)18-17-15/h1-2,6-7,11-12H,3-5,8-10,16H2. The van der Waals surface area contributed by atoms with Gasteiger partial charge in [0.15, 0.2) is 5.58 Å². The zero-order valence-corrected chi connectivity index (χ0v) is 10.6. The lowest BCUT2D eigenvalue weighted by atomic mass is 9.93. The molecule has 96 valence electrons. The molecule has 3 nitrogen and oxygen atoms in total. The van der Waals surface area contributed by atoms with Gasteiger partial charge in [0.05, 0.1) is 5.69 Å². The molecule has 0 saturated heterocycles. The van der Waals surface area contributed by atoms with Crippen LogP contribution in [-0.2, 0) is 0 Å². The van der Waals surface area contributed by atoms with Crippen molar-refractivity contribution < 1.29 is 4.52 Å². The van der Waals surface area contributed by atoms with Crippen molar-refractivity contribution in [3.05, 3.63) is 30.0 Å². The van der Waals surface area contributed by atoms with E-state index in [-0.39, 0.29) is 0 Å². The third kappa shape index (κ3) is 2.15. The first kappa shape index (κ1) is 11.7. The SMILES string of the molecule is NCC1CCCC(c2noc3ccccc23)CC1. The molecule has 1 saturated carbocycles. The number of rotatable bonds is 2. The highest BCUT2D eigenvalue weighted by Crippen LogP contribution is 2.36. The Kier molecular flexibility index (Phi) is 3.33. The summed E-state index contributed by atoms with van der Waals surface area (Å²) in [6.45, 7) is 0.826. The Labute approximate surface area is 107 Å². The average molecular weight is 244 g/mol. The van der Waals surface area contributed by atoms with Crippen molar-refractivity contribution in [2.24, 2.45) is 11.7 Å². The first-order valence-electron chi connectivity index (χ1n) is 6.93. The molecular weight excluding hydrogens is 224 g/mol. The summed E-state index contributed by atoms with van der Waals surface area (Å²) < 4.78 is 5.42. The fraction of sp³-hybridized carbons (Fsp3) is 0.533. The van der Waals surface area contributed by atoms with Gasteiger partial charge in [-0.15, -0.1) is 0 Å². The van der Waals surface area contributed by atoms with Crippen LogP contribution < -0.4 is 5.73 Å². The largest absolute Gasteiger partial charge is 0.356 e. The number of hydrogen-bond donors (Lipinski definition) is 1. The number of para-hydroxylation sites is 1. The Balaban J connectivity index is 1.86. The second-order valence-corrected chi connectivity index (χ2v) is 5.37. The van der Waals surface area contributed by atoms with Gasteiger partial charge in [-0.3, -0.25) is 0 Å². The van der Waals surface area contributed by atoms with Crippen LogP contribution in [0, 0.1) is 5.92 Å². The summed E-state index contributed by atoms with van der Waals surface area (Å²) in [4.78, 5) is 0. The molecule has 0 bridgehead atoms. The van der Waals surface area contributed by atoms with Crippen LogP contribution >= 0.6 is 0 Å². The molecular formula is C15H20N2O. The molecule has 0 radical (unpaired) electrons. The molecule has 1 fully saturated rings. The molecule has 3 heteroatoms. The minimum Gasteiger partial charge on any atom is -0.356 e. The number of fused-ring (bicyclic) bond motifs is 1. The first-order valence-corrected chi connectivity index (χ1v) is 6.93. The van der Waals surface area contributed by atoms with Crippen LogP contribution in [0.4, 0.5) is 0 Å². The first-order chi connectivity index (χ1) is 8.88. The molecule has 0 aliphatic heterocycles. The van der Waals surface area contributed by atoms with Crippen LogP contribution in [0.5, 0.6) is 0 Å². The monoisotopic (exact) mass is 244 g/mol. The lowest BCUT2D eigenvalue weighted by Gasteiger charge is -2.11. The Morgan fingerprint density at radius 1 is 1.17 bits per heavy atom.